The van der Waals surface area contributed by atoms with Gasteiger partial charge < -0.3 is 14.4 Å². The number of carbonyl (C=O) groups excluding carboxylic acids is 2. The SMILES string of the molecule is COC(=O)c1ccc(C2=C3C(=O)C(OC)C=CC3=CN(C)C2)cc1. The van der Waals surface area contributed by atoms with Crippen LogP contribution in [0.1, 0.15) is 15.9 Å². The molecule has 5 nitrogen and oxygen atoms in total. The lowest BCUT2D eigenvalue weighted by Gasteiger charge is -2.30. The summed E-state index contributed by atoms with van der Waals surface area (Å²) in [5, 5.41) is 0. The summed E-state index contributed by atoms with van der Waals surface area (Å²) in [6.07, 6.45) is 5.10. The lowest BCUT2D eigenvalue weighted by Crippen LogP contribution is -2.32. The molecule has 0 radical (unpaired) electrons. The maximum atomic E-state index is 12.7. The van der Waals surface area contributed by atoms with Gasteiger partial charge in [-0.2, -0.15) is 0 Å². The van der Waals surface area contributed by atoms with Gasteiger partial charge in [-0.3, -0.25) is 4.79 Å². The van der Waals surface area contributed by atoms with E-state index in [-0.39, 0.29) is 11.8 Å². The Morgan fingerprint density at radius 2 is 1.92 bits per heavy atom. The summed E-state index contributed by atoms with van der Waals surface area (Å²) in [7, 11) is 4.85. The second-order valence-corrected chi connectivity index (χ2v) is 5.80. The van der Waals surface area contributed by atoms with E-state index in [1.54, 1.807) is 18.2 Å². The molecule has 0 amide bonds. The Morgan fingerprint density at radius 3 is 2.54 bits per heavy atom. The van der Waals surface area contributed by atoms with Crippen molar-refractivity contribution in [2.75, 3.05) is 27.8 Å². The fourth-order valence-electron chi connectivity index (χ4n) is 3.03. The number of rotatable bonds is 3. The zero-order valence-electron chi connectivity index (χ0n) is 13.9. The Kier molecular flexibility index (Phi) is 4.36. The van der Waals surface area contributed by atoms with E-state index in [1.807, 2.05) is 36.4 Å². The van der Waals surface area contributed by atoms with Gasteiger partial charge in [-0.25, -0.2) is 4.79 Å². The molecule has 1 aromatic rings. The molecule has 0 saturated carbocycles. The van der Waals surface area contributed by atoms with Gasteiger partial charge in [0.05, 0.1) is 12.7 Å². The van der Waals surface area contributed by atoms with Crippen LogP contribution < -0.4 is 0 Å². The molecular formula is C19H19NO4. The minimum atomic E-state index is -0.551. The molecule has 0 saturated heterocycles. The number of hydrogen-bond acceptors (Lipinski definition) is 5. The number of carbonyl (C=O) groups is 2. The first-order valence-electron chi connectivity index (χ1n) is 7.64. The Morgan fingerprint density at radius 1 is 1.21 bits per heavy atom. The summed E-state index contributed by atoms with van der Waals surface area (Å²) in [6.45, 7) is 0.617. The van der Waals surface area contributed by atoms with E-state index in [9.17, 15) is 9.59 Å². The first kappa shape index (κ1) is 16.2. The number of likely N-dealkylation sites (N-methyl/N-ethyl adjacent to an activating group) is 1. The molecule has 124 valence electrons. The number of Topliss-reactive ketones (excluding diaryl/α,β-unsaturated/α-hetero) is 1. The van der Waals surface area contributed by atoms with Crippen molar-refractivity contribution in [3.63, 3.8) is 0 Å². The average molecular weight is 325 g/mol. The molecule has 3 rings (SSSR count). The van der Waals surface area contributed by atoms with Crippen molar-refractivity contribution < 1.29 is 19.1 Å². The average Bonchev–Trinajstić information content (AvgIpc) is 2.60. The molecule has 1 heterocycles. The third kappa shape index (κ3) is 2.78. The minimum absolute atomic E-state index is 0.0357. The minimum Gasteiger partial charge on any atom is -0.465 e. The first-order chi connectivity index (χ1) is 11.5. The highest BCUT2D eigenvalue weighted by Gasteiger charge is 2.31. The van der Waals surface area contributed by atoms with Crippen LogP contribution in [0.25, 0.3) is 5.57 Å². The quantitative estimate of drug-likeness (QED) is 0.798. The van der Waals surface area contributed by atoms with Gasteiger partial charge in [0.15, 0.2) is 5.78 Å². The van der Waals surface area contributed by atoms with E-state index in [4.69, 9.17) is 9.47 Å². The van der Waals surface area contributed by atoms with Crippen LogP contribution in [0.15, 0.2) is 53.8 Å². The van der Waals surface area contributed by atoms with E-state index in [0.717, 1.165) is 16.7 Å². The van der Waals surface area contributed by atoms with Gasteiger partial charge in [-0.15, -0.1) is 0 Å². The van der Waals surface area contributed by atoms with Crippen molar-refractivity contribution >= 4 is 17.3 Å². The number of hydrogen-bond donors (Lipinski definition) is 0. The summed E-state index contributed by atoms with van der Waals surface area (Å²) in [4.78, 5) is 26.4. The van der Waals surface area contributed by atoms with Crippen molar-refractivity contribution in [2.45, 2.75) is 6.10 Å². The van der Waals surface area contributed by atoms with E-state index in [0.29, 0.717) is 17.7 Å². The predicted molar refractivity (Wildman–Crippen MR) is 90.4 cm³/mol. The van der Waals surface area contributed by atoms with Crippen molar-refractivity contribution in [3.05, 3.63) is 64.9 Å². The molecule has 0 spiro atoms. The zero-order valence-corrected chi connectivity index (χ0v) is 13.9. The number of methoxy groups -OCH3 is 2. The highest BCUT2D eigenvalue weighted by atomic mass is 16.5. The Hall–Kier alpha value is -2.66. The number of benzene rings is 1. The predicted octanol–water partition coefficient (Wildman–Crippen LogP) is 2.21. The summed E-state index contributed by atoms with van der Waals surface area (Å²) in [6, 6.07) is 7.12. The van der Waals surface area contributed by atoms with Crippen LogP contribution in [-0.2, 0) is 14.3 Å². The molecule has 1 atom stereocenters. The van der Waals surface area contributed by atoms with Crippen LogP contribution in [0.2, 0.25) is 0 Å². The highest BCUT2D eigenvalue weighted by Crippen LogP contribution is 2.34. The number of fused-ring (bicyclic) bond motifs is 1. The van der Waals surface area contributed by atoms with Crippen LogP contribution in [0, 0.1) is 0 Å². The summed E-state index contributed by atoms with van der Waals surface area (Å²) < 4.78 is 9.98. The molecular weight excluding hydrogens is 306 g/mol. The van der Waals surface area contributed by atoms with Crippen molar-refractivity contribution in [1.29, 1.82) is 0 Å². The monoisotopic (exact) mass is 325 g/mol. The van der Waals surface area contributed by atoms with Crippen LogP contribution in [0.3, 0.4) is 0 Å². The Bertz CT molecular complexity index is 771. The van der Waals surface area contributed by atoms with Gasteiger partial charge in [-0.1, -0.05) is 18.2 Å². The molecule has 1 unspecified atom stereocenters. The number of nitrogens with zero attached hydrogens (tertiary/aromatic N) is 1. The zero-order chi connectivity index (χ0) is 17.3. The number of ether oxygens (including phenoxy) is 2. The topological polar surface area (TPSA) is 55.8 Å². The van der Waals surface area contributed by atoms with Gasteiger partial charge >= 0.3 is 5.97 Å². The van der Waals surface area contributed by atoms with E-state index in [1.165, 1.54) is 14.2 Å². The van der Waals surface area contributed by atoms with Crippen LogP contribution in [0.5, 0.6) is 0 Å². The molecule has 1 aliphatic carbocycles. The van der Waals surface area contributed by atoms with Crippen molar-refractivity contribution in [1.82, 2.24) is 4.90 Å². The summed E-state index contributed by atoms with van der Waals surface area (Å²) in [5.41, 5.74) is 3.90. The number of ketones is 1. The fraction of sp³-hybridized carbons (Fsp3) is 0.263. The molecule has 5 heteroatoms. The molecule has 0 aromatic heterocycles. The van der Waals surface area contributed by atoms with Crippen molar-refractivity contribution in [2.24, 2.45) is 0 Å². The molecule has 24 heavy (non-hydrogen) atoms. The number of allylic oxidation sites excluding steroid dienone is 2. The normalized spacial score (nSPS) is 20.0. The van der Waals surface area contributed by atoms with E-state index >= 15 is 0 Å². The first-order valence-corrected chi connectivity index (χ1v) is 7.64. The Labute approximate surface area is 140 Å². The summed E-state index contributed by atoms with van der Waals surface area (Å²) >= 11 is 0. The lowest BCUT2D eigenvalue weighted by molar-refractivity contribution is -0.122. The maximum Gasteiger partial charge on any atom is 0.337 e. The molecule has 0 bridgehead atoms. The molecule has 1 aliphatic heterocycles. The second-order valence-electron chi connectivity index (χ2n) is 5.80. The smallest absolute Gasteiger partial charge is 0.337 e. The van der Waals surface area contributed by atoms with Gasteiger partial charge in [-0.05, 0) is 29.3 Å². The molecule has 0 N–H and O–H groups in total. The molecule has 0 fully saturated rings. The van der Waals surface area contributed by atoms with Gasteiger partial charge in [0.25, 0.3) is 0 Å². The largest absolute Gasteiger partial charge is 0.465 e. The van der Waals surface area contributed by atoms with Crippen LogP contribution in [0.4, 0.5) is 0 Å². The van der Waals surface area contributed by atoms with Crippen LogP contribution >= 0.6 is 0 Å². The molecule has 2 aliphatic rings. The summed E-state index contributed by atoms with van der Waals surface area (Å²) in [5.74, 6) is -0.414. The van der Waals surface area contributed by atoms with Gasteiger partial charge in [0.2, 0.25) is 0 Å². The van der Waals surface area contributed by atoms with E-state index < -0.39 is 6.10 Å². The third-order valence-corrected chi connectivity index (χ3v) is 4.22. The van der Waals surface area contributed by atoms with E-state index in [2.05, 4.69) is 0 Å². The Balaban J connectivity index is 2.07. The highest BCUT2D eigenvalue weighted by molar-refractivity contribution is 6.12. The lowest BCUT2D eigenvalue weighted by atomic mass is 9.84. The third-order valence-electron chi connectivity index (χ3n) is 4.22. The van der Waals surface area contributed by atoms with Crippen LogP contribution in [-0.4, -0.2) is 50.6 Å². The standard InChI is InChI=1S/C19H19NO4/c1-20-10-14-8-9-16(23-2)18(21)17(14)15(11-20)12-4-6-13(7-5-12)19(22)24-3/h4-10,16H,11H2,1-3H3. The fourth-order valence-corrected chi connectivity index (χ4v) is 3.03. The van der Waals surface area contributed by atoms with Gasteiger partial charge in [0, 0.05) is 38.0 Å². The number of esters is 1. The van der Waals surface area contributed by atoms with Crippen molar-refractivity contribution in [3.8, 4) is 0 Å². The van der Waals surface area contributed by atoms with Gasteiger partial charge in [0.1, 0.15) is 6.10 Å². The second kappa shape index (κ2) is 6.45. The molecule has 1 aromatic carbocycles. The maximum absolute atomic E-state index is 12.7.